The van der Waals surface area contributed by atoms with Gasteiger partial charge in [-0.1, -0.05) is 121 Å². The standard InChI is InChI=1S/2C16H14O.O2S/c2*1-3-7-15(8-4-1)11-13-17-14-12-16-9-5-2-6-10-16;1-3-2/h2*1-14H;. The van der Waals surface area contributed by atoms with Crippen LogP contribution in [0.2, 0.25) is 0 Å². The number of hydrogen-bond acceptors (Lipinski definition) is 4. The Bertz CT molecular complexity index is 1070. The van der Waals surface area contributed by atoms with Gasteiger partial charge in [0, 0.05) is 0 Å². The molecule has 0 atom stereocenters. The Kier molecular flexibility index (Phi) is 15.1. The molecule has 0 aliphatic rings. The molecule has 5 heteroatoms. The fourth-order valence-corrected chi connectivity index (χ4v) is 2.82. The van der Waals surface area contributed by atoms with Crippen molar-refractivity contribution < 1.29 is 17.9 Å². The van der Waals surface area contributed by atoms with Crippen molar-refractivity contribution in [2.24, 2.45) is 0 Å². The molecule has 4 rings (SSSR count). The van der Waals surface area contributed by atoms with Gasteiger partial charge in [0.1, 0.15) is 0 Å². The zero-order chi connectivity index (χ0) is 26.2. The predicted molar refractivity (Wildman–Crippen MR) is 153 cm³/mol. The lowest BCUT2D eigenvalue weighted by atomic mass is 10.2. The van der Waals surface area contributed by atoms with Gasteiger partial charge in [0.25, 0.3) is 0 Å². The Hall–Kier alpha value is -4.74. The van der Waals surface area contributed by atoms with E-state index in [-0.39, 0.29) is 0 Å². The highest BCUT2D eigenvalue weighted by atomic mass is 32.1. The average Bonchev–Trinajstić information content (AvgIpc) is 2.96. The molecule has 186 valence electrons. The van der Waals surface area contributed by atoms with Gasteiger partial charge in [-0.3, -0.25) is 0 Å². The van der Waals surface area contributed by atoms with E-state index in [1.165, 1.54) is 0 Å². The molecule has 0 saturated heterocycles. The maximum absolute atomic E-state index is 8.29. The highest BCUT2D eigenvalue weighted by Gasteiger charge is 1.84. The molecule has 37 heavy (non-hydrogen) atoms. The highest BCUT2D eigenvalue weighted by molar-refractivity contribution is 7.51. The first-order valence-electron chi connectivity index (χ1n) is 11.4. The van der Waals surface area contributed by atoms with E-state index in [0.29, 0.717) is 0 Å². The Labute approximate surface area is 222 Å². The molecule has 0 aromatic heterocycles. The van der Waals surface area contributed by atoms with E-state index in [0.717, 1.165) is 22.3 Å². The average molecular weight is 509 g/mol. The summed E-state index contributed by atoms with van der Waals surface area (Å²) < 4.78 is 27.1. The van der Waals surface area contributed by atoms with Gasteiger partial charge in [-0.2, -0.15) is 8.42 Å². The normalized spacial score (nSPS) is 10.5. The number of rotatable bonds is 8. The molecule has 0 aliphatic carbocycles. The first-order chi connectivity index (χ1) is 18.3. The van der Waals surface area contributed by atoms with Crippen molar-refractivity contribution in [3.05, 3.63) is 169 Å². The smallest absolute Gasteiger partial charge is 0.335 e. The van der Waals surface area contributed by atoms with E-state index in [1.807, 2.05) is 146 Å². The quantitative estimate of drug-likeness (QED) is 0.226. The molecule has 0 heterocycles. The Morgan fingerprint density at radius 1 is 0.378 bits per heavy atom. The second-order valence-corrected chi connectivity index (χ2v) is 7.33. The summed E-state index contributed by atoms with van der Waals surface area (Å²) in [6, 6.07) is 40.2. The van der Waals surface area contributed by atoms with Crippen molar-refractivity contribution in [1.82, 2.24) is 0 Å². The van der Waals surface area contributed by atoms with Gasteiger partial charge in [-0.05, 0) is 46.6 Å². The van der Waals surface area contributed by atoms with Crippen molar-refractivity contribution in [3.63, 3.8) is 0 Å². The first-order valence-corrected chi connectivity index (χ1v) is 12.1. The molecule has 0 unspecified atom stereocenters. The van der Waals surface area contributed by atoms with Crippen LogP contribution in [0.25, 0.3) is 24.3 Å². The topological polar surface area (TPSA) is 52.6 Å². The van der Waals surface area contributed by atoms with Crippen LogP contribution in [0.3, 0.4) is 0 Å². The van der Waals surface area contributed by atoms with E-state index >= 15 is 0 Å². The maximum atomic E-state index is 8.29. The Balaban J connectivity index is 0.000000235. The molecule has 4 aromatic carbocycles. The molecule has 0 bridgehead atoms. The highest BCUT2D eigenvalue weighted by Crippen LogP contribution is 2.05. The molecule has 0 saturated carbocycles. The summed E-state index contributed by atoms with van der Waals surface area (Å²) in [5, 5.41) is 0. The molecular formula is C32H28O4S. The minimum absolute atomic E-state index is 0.750. The second-order valence-electron chi connectivity index (χ2n) is 7.19. The lowest BCUT2D eigenvalue weighted by molar-refractivity contribution is 0.410. The molecule has 4 aromatic rings. The molecule has 0 N–H and O–H groups in total. The van der Waals surface area contributed by atoms with Crippen molar-refractivity contribution in [2.45, 2.75) is 0 Å². The molecule has 0 radical (unpaired) electrons. The van der Waals surface area contributed by atoms with Gasteiger partial charge < -0.3 is 9.47 Å². The third-order valence-electron chi connectivity index (χ3n) is 4.55. The van der Waals surface area contributed by atoms with Crippen LogP contribution < -0.4 is 0 Å². The van der Waals surface area contributed by atoms with Gasteiger partial charge in [0.15, 0.2) is 0 Å². The monoisotopic (exact) mass is 508 g/mol. The summed E-state index contributed by atoms with van der Waals surface area (Å²) in [6.45, 7) is 0. The van der Waals surface area contributed by atoms with Crippen LogP contribution in [0, 0.1) is 0 Å². The number of hydrogen-bond donors (Lipinski definition) is 0. The summed E-state index contributed by atoms with van der Waals surface area (Å²) in [5.74, 6) is 0. The number of ether oxygens (including phenoxy) is 2. The summed E-state index contributed by atoms with van der Waals surface area (Å²) in [5.41, 5.74) is 4.50. The van der Waals surface area contributed by atoms with Gasteiger partial charge in [-0.15, -0.1) is 0 Å². The van der Waals surface area contributed by atoms with Gasteiger partial charge in [-0.25, -0.2) is 0 Å². The molecule has 0 spiro atoms. The Morgan fingerprint density at radius 3 is 0.757 bits per heavy atom. The third kappa shape index (κ3) is 14.3. The predicted octanol–water partition coefficient (Wildman–Crippen LogP) is 8.02. The molecule has 0 aliphatic heterocycles. The first kappa shape index (κ1) is 28.5. The van der Waals surface area contributed by atoms with Crippen LogP contribution >= 0.6 is 0 Å². The van der Waals surface area contributed by atoms with E-state index < -0.39 is 11.6 Å². The van der Waals surface area contributed by atoms with Crippen molar-refractivity contribution >= 4 is 35.9 Å². The van der Waals surface area contributed by atoms with Gasteiger partial charge >= 0.3 is 11.6 Å². The molecule has 4 nitrogen and oxygen atoms in total. The lowest BCUT2D eigenvalue weighted by Crippen LogP contribution is -1.71. The molecule has 0 amide bonds. The van der Waals surface area contributed by atoms with Crippen molar-refractivity contribution in [3.8, 4) is 0 Å². The van der Waals surface area contributed by atoms with Crippen LogP contribution in [0.5, 0.6) is 0 Å². The fraction of sp³-hybridized carbons (Fsp3) is 0. The Morgan fingerprint density at radius 2 is 0.568 bits per heavy atom. The SMILES string of the molecule is C(=Cc1ccccc1)OC=Cc1ccccc1.C(=Cc1ccccc1)OC=Cc1ccccc1.O=S=O. The second kappa shape index (κ2) is 19.6. The summed E-state index contributed by atoms with van der Waals surface area (Å²) in [7, 11) is 0. The van der Waals surface area contributed by atoms with E-state index in [1.54, 1.807) is 25.0 Å². The van der Waals surface area contributed by atoms with E-state index in [4.69, 9.17) is 17.9 Å². The zero-order valence-corrected chi connectivity index (χ0v) is 21.0. The van der Waals surface area contributed by atoms with Crippen LogP contribution in [0.15, 0.2) is 146 Å². The fourth-order valence-electron chi connectivity index (χ4n) is 2.82. The van der Waals surface area contributed by atoms with Crippen LogP contribution in [0.1, 0.15) is 22.3 Å². The van der Waals surface area contributed by atoms with Gasteiger partial charge in [0.05, 0.1) is 25.0 Å². The lowest BCUT2D eigenvalue weighted by Gasteiger charge is -1.93. The zero-order valence-electron chi connectivity index (χ0n) is 20.2. The van der Waals surface area contributed by atoms with Crippen molar-refractivity contribution in [1.29, 1.82) is 0 Å². The van der Waals surface area contributed by atoms with Crippen molar-refractivity contribution in [2.75, 3.05) is 0 Å². The van der Waals surface area contributed by atoms with Crippen LogP contribution in [-0.2, 0) is 21.0 Å². The number of benzene rings is 4. The third-order valence-corrected chi connectivity index (χ3v) is 4.55. The molecular weight excluding hydrogens is 480 g/mol. The maximum Gasteiger partial charge on any atom is 0.335 e. The van der Waals surface area contributed by atoms with Gasteiger partial charge in [0.2, 0.25) is 0 Å². The largest absolute Gasteiger partial charge is 0.473 e. The van der Waals surface area contributed by atoms with Crippen LogP contribution in [-0.4, -0.2) is 8.42 Å². The minimum atomic E-state index is -0.750. The van der Waals surface area contributed by atoms with Crippen LogP contribution in [0.4, 0.5) is 0 Å². The summed E-state index contributed by atoms with van der Waals surface area (Å²) >= 11 is -0.750. The van der Waals surface area contributed by atoms with E-state index in [9.17, 15) is 0 Å². The summed E-state index contributed by atoms with van der Waals surface area (Å²) in [6.07, 6.45) is 14.4. The van der Waals surface area contributed by atoms with E-state index in [2.05, 4.69) is 0 Å². The summed E-state index contributed by atoms with van der Waals surface area (Å²) in [4.78, 5) is 0. The molecule has 0 fully saturated rings. The minimum Gasteiger partial charge on any atom is -0.473 e.